The second-order valence-electron chi connectivity index (χ2n) is 6.37. The minimum atomic E-state index is 0.0976. The van der Waals surface area contributed by atoms with E-state index < -0.39 is 0 Å². The minimum absolute atomic E-state index is 0.0976. The Morgan fingerprint density at radius 2 is 1.88 bits per heavy atom. The number of pyridine rings is 2. The highest BCUT2D eigenvalue weighted by molar-refractivity contribution is 6.32. The van der Waals surface area contributed by atoms with Crippen molar-refractivity contribution in [3.63, 3.8) is 0 Å². The van der Waals surface area contributed by atoms with Crippen molar-refractivity contribution < 1.29 is 4.74 Å². The number of hydrogen-bond acceptors (Lipinski definition) is 3. The SMILES string of the molecule is Cc1nccc2c1[nH]c1c(-c3ccc(OC(C)C)nc3)cc(Cl)cc12. The van der Waals surface area contributed by atoms with Crippen LogP contribution in [0, 0.1) is 6.92 Å². The predicted octanol–water partition coefficient (Wildman–Crippen LogP) is 5.53. The molecule has 0 amide bonds. The lowest BCUT2D eigenvalue weighted by Gasteiger charge is -2.09. The summed E-state index contributed by atoms with van der Waals surface area (Å²) in [5.74, 6) is 0.619. The van der Waals surface area contributed by atoms with Gasteiger partial charge in [-0.3, -0.25) is 4.98 Å². The molecule has 0 unspecified atom stereocenters. The van der Waals surface area contributed by atoms with Gasteiger partial charge in [0.25, 0.3) is 0 Å². The number of benzene rings is 1. The number of halogens is 1. The van der Waals surface area contributed by atoms with Crippen LogP contribution >= 0.6 is 11.6 Å². The van der Waals surface area contributed by atoms with Gasteiger partial charge < -0.3 is 9.72 Å². The van der Waals surface area contributed by atoms with Gasteiger partial charge in [-0.05, 0) is 45.0 Å². The summed E-state index contributed by atoms with van der Waals surface area (Å²) in [6.45, 7) is 5.96. The third-order valence-corrected chi connectivity index (χ3v) is 4.41. The molecule has 0 aliphatic heterocycles. The van der Waals surface area contributed by atoms with E-state index in [0.717, 1.165) is 38.6 Å². The molecule has 1 N–H and O–H groups in total. The number of rotatable bonds is 3. The number of ether oxygens (including phenoxy) is 1. The number of aromatic amines is 1. The molecule has 0 bridgehead atoms. The molecule has 0 atom stereocenters. The first-order valence-corrected chi connectivity index (χ1v) is 8.60. The Balaban J connectivity index is 1.92. The first-order chi connectivity index (χ1) is 12.0. The molecular weight excluding hydrogens is 334 g/mol. The van der Waals surface area contributed by atoms with Gasteiger partial charge in [-0.1, -0.05) is 11.6 Å². The van der Waals surface area contributed by atoms with Crippen molar-refractivity contribution in [3.8, 4) is 17.0 Å². The molecule has 0 saturated heterocycles. The normalized spacial score (nSPS) is 11.6. The van der Waals surface area contributed by atoms with E-state index in [9.17, 15) is 0 Å². The number of aromatic nitrogens is 3. The largest absolute Gasteiger partial charge is 0.475 e. The van der Waals surface area contributed by atoms with Crippen LogP contribution < -0.4 is 4.74 Å². The van der Waals surface area contributed by atoms with Crippen LogP contribution in [-0.4, -0.2) is 21.1 Å². The van der Waals surface area contributed by atoms with Crippen LogP contribution in [-0.2, 0) is 0 Å². The summed E-state index contributed by atoms with van der Waals surface area (Å²) < 4.78 is 5.63. The fraction of sp³-hybridized carbons (Fsp3) is 0.200. The van der Waals surface area contributed by atoms with Crippen molar-refractivity contribution in [3.05, 3.63) is 53.4 Å². The third kappa shape index (κ3) is 2.83. The molecule has 0 fully saturated rings. The van der Waals surface area contributed by atoms with Gasteiger partial charge in [0.15, 0.2) is 0 Å². The Hall–Kier alpha value is -2.59. The quantitative estimate of drug-likeness (QED) is 0.528. The molecule has 0 aliphatic rings. The molecule has 1 aromatic carbocycles. The average molecular weight is 352 g/mol. The lowest BCUT2D eigenvalue weighted by Crippen LogP contribution is -2.06. The lowest BCUT2D eigenvalue weighted by molar-refractivity contribution is 0.232. The van der Waals surface area contributed by atoms with Crippen molar-refractivity contribution in [2.45, 2.75) is 26.9 Å². The molecule has 0 aliphatic carbocycles. The van der Waals surface area contributed by atoms with Gasteiger partial charge >= 0.3 is 0 Å². The van der Waals surface area contributed by atoms with Crippen molar-refractivity contribution in [1.29, 1.82) is 0 Å². The summed E-state index contributed by atoms with van der Waals surface area (Å²) in [5.41, 5.74) is 5.04. The van der Waals surface area contributed by atoms with E-state index in [0.29, 0.717) is 10.9 Å². The van der Waals surface area contributed by atoms with Crippen LogP contribution in [0.5, 0.6) is 5.88 Å². The highest BCUT2D eigenvalue weighted by Gasteiger charge is 2.13. The number of fused-ring (bicyclic) bond motifs is 3. The molecule has 0 radical (unpaired) electrons. The van der Waals surface area contributed by atoms with Crippen molar-refractivity contribution >= 4 is 33.4 Å². The minimum Gasteiger partial charge on any atom is -0.475 e. The number of aryl methyl sites for hydroxylation is 1. The smallest absolute Gasteiger partial charge is 0.213 e. The Kier molecular flexibility index (Phi) is 3.85. The van der Waals surface area contributed by atoms with Gasteiger partial charge in [0.2, 0.25) is 5.88 Å². The van der Waals surface area contributed by atoms with Gasteiger partial charge in [-0.15, -0.1) is 0 Å². The van der Waals surface area contributed by atoms with Crippen LogP contribution in [0.1, 0.15) is 19.5 Å². The molecular formula is C20H18ClN3O. The average Bonchev–Trinajstić information content (AvgIpc) is 2.94. The maximum atomic E-state index is 6.40. The Labute approximate surface area is 150 Å². The van der Waals surface area contributed by atoms with E-state index in [1.807, 2.05) is 63.5 Å². The maximum Gasteiger partial charge on any atom is 0.213 e. The van der Waals surface area contributed by atoms with E-state index >= 15 is 0 Å². The second kappa shape index (κ2) is 6.05. The van der Waals surface area contributed by atoms with Gasteiger partial charge in [-0.25, -0.2) is 4.98 Å². The molecule has 4 nitrogen and oxygen atoms in total. The second-order valence-corrected chi connectivity index (χ2v) is 6.81. The lowest BCUT2D eigenvalue weighted by atomic mass is 10.0. The molecule has 4 rings (SSSR count). The van der Waals surface area contributed by atoms with E-state index in [2.05, 4.69) is 15.0 Å². The zero-order valence-electron chi connectivity index (χ0n) is 14.3. The standard InChI is InChI=1S/C20H18ClN3O/c1-11(2)25-18-5-4-13(10-23-18)16-8-14(21)9-17-15-6-7-22-12(3)19(15)24-20(16)17/h4-11,24H,1-3H3. The summed E-state index contributed by atoms with van der Waals surface area (Å²) in [4.78, 5) is 12.3. The summed E-state index contributed by atoms with van der Waals surface area (Å²) >= 11 is 6.40. The van der Waals surface area contributed by atoms with E-state index in [1.165, 1.54) is 0 Å². The highest BCUT2D eigenvalue weighted by atomic mass is 35.5. The zero-order chi connectivity index (χ0) is 17.6. The van der Waals surface area contributed by atoms with Gasteiger partial charge in [0, 0.05) is 45.4 Å². The first kappa shape index (κ1) is 15.9. The zero-order valence-corrected chi connectivity index (χ0v) is 15.1. The van der Waals surface area contributed by atoms with Gasteiger partial charge in [0.05, 0.1) is 22.8 Å². The number of nitrogens with zero attached hydrogens (tertiary/aromatic N) is 2. The Morgan fingerprint density at radius 1 is 1.04 bits per heavy atom. The highest BCUT2D eigenvalue weighted by Crippen LogP contribution is 2.36. The fourth-order valence-corrected chi connectivity index (χ4v) is 3.32. The molecule has 25 heavy (non-hydrogen) atoms. The number of H-pyrrole nitrogens is 1. The van der Waals surface area contributed by atoms with Crippen LogP contribution in [0.15, 0.2) is 42.7 Å². The number of nitrogens with one attached hydrogen (secondary N) is 1. The summed E-state index contributed by atoms with van der Waals surface area (Å²) in [6.07, 6.45) is 3.74. The molecule has 3 heterocycles. The summed E-state index contributed by atoms with van der Waals surface area (Å²) in [5, 5.41) is 2.91. The molecule has 126 valence electrons. The van der Waals surface area contributed by atoms with E-state index in [1.54, 1.807) is 0 Å². The van der Waals surface area contributed by atoms with Crippen LogP contribution in [0.2, 0.25) is 5.02 Å². The predicted molar refractivity (Wildman–Crippen MR) is 102 cm³/mol. The Morgan fingerprint density at radius 3 is 2.60 bits per heavy atom. The molecule has 0 saturated carbocycles. The van der Waals surface area contributed by atoms with Crippen LogP contribution in [0.3, 0.4) is 0 Å². The third-order valence-electron chi connectivity index (χ3n) is 4.19. The maximum absolute atomic E-state index is 6.40. The topological polar surface area (TPSA) is 50.8 Å². The molecule has 5 heteroatoms. The monoisotopic (exact) mass is 351 g/mol. The molecule has 4 aromatic rings. The summed E-state index contributed by atoms with van der Waals surface area (Å²) in [6, 6.07) is 9.85. The van der Waals surface area contributed by atoms with Crippen molar-refractivity contribution in [2.75, 3.05) is 0 Å². The molecule has 3 aromatic heterocycles. The van der Waals surface area contributed by atoms with E-state index in [-0.39, 0.29) is 6.10 Å². The fourth-order valence-electron chi connectivity index (χ4n) is 3.11. The number of hydrogen-bond donors (Lipinski definition) is 1. The molecule has 0 spiro atoms. The van der Waals surface area contributed by atoms with Gasteiger partial charge in [0.1, 0.15) is 0 Å². The first-order valence-electron chi connectivity index (χ1n) is 8.22. The summed E-state index contributed by atoms with van der Waals surface area (Å²) in [7, 11) is 0. The van der Waals surface area contributed by atoms with Crippen LogP contribution in [0.25, 0.3) is 32.9 Å². The van der Waals surface area contributed by atoms with E-state index in [4.69, 9.17) is 16.3 Å². The van der Waals surface area contributed by atoms with Crippen molar-refractivity contribution in [1.82, 2.24) is 15.0 Å². The van der Waals surface area contributed by atoms with Crippen LogP contribution in [0.4, 0.5) is 0 Å². The van der Waals surface area contributed by atoms with Crippen molar-refractivity contribution in [2.24, 2.45) is 0 Å². The van der Waals surface area contributed by atoms with Gasteiger partial charge in [-0.2, -0.15) is 0 Å². The Bertz CT molecular complexity index is 1070.